The van der Waals surface area contributed by atoms with Crippen molar-refractivity contribution in [3.63, 3.8) is 0 Å². The Hall–Kier alpha value is -4.24. The van der Waals surface area contributed by atoms with Crippen LogP contribution in [0.2, 0.25) is 0 Å². The highest BCUT2D eigenvalue weighted by atomic mass is 15.2. The van der Waals surface area contributed by atoms with E-state index in [-0.39, 0.29) is 6.85 Å². The highest BCUT2D eigenvalue weighted by Gasteiger charge is 2.46. The zero-order valence-electron chi connectivity index (χ0n) is 19.6. The summed E-state index contributed by atoms with van der Waals surface area (Å²) in [6.45, 7) is 4.67. The van der Waals surface area contributed by atoms with Crippen LogP contribution in [0.5, 0.6) is 0 Å². The maximum Gasteiger partial charge on any atom is 0.333 e. The number of para-hydroxylation sites is 3. The third-order valence-electron chi connectivity index (χ3n) is 8.54. The lowest BCUT2D eigenvalue weighted by atomic mass is 9.43. The van der Waals surface area contributed by atoms with Crippen molar-refractivity contribution in [2.24, 2.45) is 0 Å². The number of hydrogen-bond acceptors (Lipinski definition) is 1. The minimum Gasteiger partial charge on any atom is -0.375 e. The SMILES string of the molecule is Cc1cccc(C)c1N1c2cccc3c2B2c4c(cccc41)-c1cccc4c5cccc-3c5n2c14. The third-order valence-corrected chi connectivity index (χ3v) is 8.54. The summed E-state index contributed by atoms with van der Waals surface area (Å²) in [6, 6.07) is 34.2. The fourth-order valence-electron chi connectivity index (χ4n) is 7.32. The van der Waals surface area contributed by atoms with E-state index in [0.717, 1.165) is 0 Å². The van der Waals surface area contributed by atoms with Crippen LogP contribution in [0.15, 0.2) is 91.0 Å². The van der Waals surface area contributed by atoms with E-state index in [1.165, 1.54) is 83.2 Å². The molecule has 0 fully saturated rings. The highest BCUT2D eigenvalue weighted by molar-refractivity contribution is 6.91. The quantitative estimate of drug-likeness (QED) is 0.253. The third kappa shape index (κ3) is 1.90. The second-order valence-corrected chi connectivity index (χ2v) is 10.2. The molecule has 0 atom stereocenters. The normalized spacial score (nSPS) is 13.9. The molecule has 35 heavy (non-hydrogen) atoms. The molecule has 0 radical (unpaired) electrons. The van der Waals surface area contributed by atoms with Crippen LogP contribution >= 0.6 is 0 Å². The number of nitrogens with zero attached hydrogens (tertiary/aromatic N) is 2. The van der Waals surface area contributed by atoms with E-state index in [9.17, 15) is 0 Å². The van der Waals surface area contributed by atoms with Crippen molar-refractivity contribution in [3.8, 4) is 22.3 Å². The zero-order valence-corrected chi connectivity index (χ0v) is 19.6. The highest BCUT2D eigenvalue weighted by Crippen LogP contribution is 2.50. The molecule has 4 heterocycles. The smallest absolute Gasteiger partial charge is 0.333 e. The summed E-state index contributed by atoms with van der Waals surface area (Å²) in [4.78, 5) is 2.54. The van der Waals surface area contributed by atoms with Crippen molar-refractivity contribution in [1.29, 1.82) is 0 Å². The van der Waals surface area contributed by atoms with E-state index in [2.05, 4.69) is 114 Å². The summed E-state index contributed by atoms with van der Waals surface area (Å²) in [7, 11) is 0. The molecule has 6 aromatic rings. The van der Waals surface area contributed by atoms with Crippen LogP contribution in [-0.2, 0) is 0 Å². The number of aromatic nitrogens is 1. The fraction of sp³-hybridized carbons (Fsp3) is 0.0625. The molecule has 2 nitrogen and oxygen atoms in total. The molecule has 0 N–H and O–H groups in total. The van der Waals surface area contributed by atoms with Gasteiger partial charge in [0.25, 0.3) is 0 Å². The lowest BCUT2D eigenvalue weighted by Crippen LogP contribution is -2.58. The van der Waals surface area contributed by atoms with Gasteiger partial charge in [0, 0.05) is 44.3 Å². The van der Waals surface area contributed by atoms with Gasteiger partial charge in [-0.15, -0.1) is 0 Å². The molecule has 3 heteroatoms. The molecule has 0 spiro atoms. The van der Waals surface area contributed by atoms with Gasteiger partial charge in [0.15, 0.2) is 0 Å². The van der Waals surface area contributed by atoms with Gasteiger partial charge in [0.05, 0.1) is 5.69 Å². The average Bonchev–Trinajstić information content (AvgIpc) is 3.23. The molecular weight excluding hydrogens is 423 g/mol. The number of rotatable bonds is 1. The minimum atomic E-state index is 0.192. The summed E-state index contributed by atoms with van der Waals surface area (Å²) in [5, 5.41) is 2.73. The van der Waals surface area contributed by atoms with E-state index in [4.69, 9.17) is 0 Å². The van der Waals surface area contributed by atoms with Crippen molar-refractivity contribution >= 4 is 56.6 Å². The predicted molar refractivity (Wildman–Crippen MR) is 148 cm³/mol. The summed E-state index contributed by atoms with van der Waals surface area (Å²) in [5.41, 5.74) is 17.6. The molecule has 0 aliphatic carbocycles. The average molecular weight is 444 g/mol. The monoisotopic (exact) mass is 444 g/mol. The standard InChI is InChI=1S/C32H21BN2/c1-18-8-3-9-19(2)30(18)34-26-16-6-10-20-22-12-4-14-24-25-15-5-13-23-21-11-7-17-27(34)29(21)33(28(20)26)35(31(22)24)32(23)25/h3-17H,1-2H3. The van der Waals surface area contributed by atoms with Gasteiger partial charge < -0.3 is 9.38 Å². The van der Waals surface area contributed by atoms with Gasteiger partial charge in [-0.3, -0.25) is 0 Å². The van der Waals surface area contributed by atoms with E-state index in [1.54, 1.807) is 0 Å². The molecule has 0 bridgehead atoms. The Bertz CT molecular complexity index is 1810. The summed E-state index contributed by atoms with van der Waals surface area (Å²) in [5.74, 6) is 0. The second-order valence-electron chi connectivity index (χ2n) is 10.2. The van der Waals surface area contributed by atoms with Gasteiger partial charge in [0.2, 0.25) is 0 Å². The first kappa shape index (κ1) is 18.1. The fourth-order valence-corrected chi connectivity index (χ4v) is 7.32. The summed E-state index contributed by atoms with van der Waals surface area (Å²) in [6.07, 6.45) is 0. The van der Waals surface area contributed by atoms with Gasteiger partial charge >= 0.3 is 6.85 Å². The maximum atomic E-state index is 2.66. The number of fused-ring (bicyclic) bond motifs is 3. The zero-order chi connectivity index (χ0) is 23.0. The largest absolute Gasteiger partial charge is 0.375 e. The van der Waals surface area contributed by atoms with E-state index < -0.39 is 0 Å². The Morgan fingerprint density at radius 1 is 0.514 bits per heavy atom. The molecule has 3 aliphatic heterocycles. The Labute approximate surface area is 204 Å². The minimum absolute atomic E-state index is 0.192. The molecule has 162 valence electrons. The van der Waals surface area contributed by atoms with Crippen molar-refractivity contribution in [3.05, 3.63) is 102 Å². The van der Waals surface area contributed by atoms with Crippen LogP contribution in [0.4, 0.5) is 17.1 Å². The van der Waals surface area contributed by atoms with Crippen molar-refractivity contribution in [2.45, 2.75) is 13.8 Å². The number of aryl methyl sites for hydroxylation is 2. The van der Waals surface area contributed by atoms with E-state index in [1.807, 2.05) is 0 Å². The van der Waals surface area contributed by atoms with Gasteiger partial charge in [-0.2, -0.15) is 0 Å². The first-order chi connectivity index (χ1) is 17.2. The maximum absolute atomic E-state index is 2.66. The summed E-state index contributed by atoms with van der Waals surface area (Å²) < 4.78 is 2.66. The van der Waals surface area contributed by atoms with Crippen LogP contribution in [0.1, 0.15) is 11.1 Å². The van der Waals surface area contributed by atoms with Crippen molar-refractivity contribution < 1.29 is 0 Å². The second kappa shape index (κ2) is 5.87. The molecule has 0 saturated heterocycles. The molecule has 9 rings (SSSR count). The molecule has 0 unspecified atom stereocenters. The number of hydrogen-bond donors (Lipinski definition) is 0. The van der Waals surface area contributed by atoms with E-state index in [0.29, 0.717) is 0 Å². The first-order valence-corrected chi connectivity index (χ1v) is 12.4. The van der Waals surface area contributed by atoms with Gasteiger partial charge in [-0.1, -0.05) is 78.9 Å². The Morgan fingerprint density at radius 3 is 1.51 bits per heavy atom. The molecule has 5 aromatic carbocycles. The molecule has 3 aliphatic rings. The molecule has 0 saturated carbocycles. The summed E-state index contributed by atoms with van der Waals surface area (Å²) >= 11 is 0. The van der Waals surface area contributed by atoms with Crippen LogP contribution in [0.3, 0.4) is 0 Å². The van der Waals surface area contributed by atoms with Gasteiger partial charge in [-0.05, 0) is 59.2 Å². The van der Waals surface area contributed by atoms with Gasteiger partial charge in [0.1, 0.15) is 0 Å². The molecule has 0 amide bonds. The van der Waals surface area contributed by atoms with Crippen molar-refractivity contribution in [1.82, 2.24) is 4.48 Å². The molecule has 1 aromatic heterocycles. The number of anilines is 3. The Kier molecular flexibility index (Phi) is 3.04. The Balaban J connectivity index is 1.56. The van der Waals surface area contributed by atoms with Crippen LogP contribution in [0, 0.1) is 13.8 Å². The van der Waals surface area contributed by atoms with E-state index >= 15 is 0 Å². The number of benzene rings is 5. The Morgan fingerprint density at radius 2 is 0.971 bits per heavy atom. The lowest BCUT2D eigenvalue weighted by molar-refractivity contribution is 1.20. The lowest BCUT2D eigenvalue weighted by Gasteiger charge is -2.43. The van der Waals surface area contributed by atoms with Gasteiger partial charge in [-0.25, -0.2) is 0 Å². The molecular formula is C32H21BN2. The van der Waals surface area contributed by atoms with Crippen LogP contribution in [0.25, 0.3) is 44.1 Å². The predicted octanol–water partition coefficient (Wildman–Crippen LogP) is 6.81. The topological polar surface area (TPSA) is 8.17 Å². The van der Waals surface area contributed by atoms with Crippen molar-refractivity contribution in [2.75, 3.05) is 4.90 Å². The van der Waals surface area contributed by atoms with Crippen LogP contribution < -0.4 is 15.8 Å². The van der Waals surface area contributed by atoms with Crippen LogP contribution in [-0.4, -0.2) is 11.3 Å². The first-order valence-electron chi connectivity index (χ1n) is 12.4.